The predicted molar refractivity (Wildman–Crippen MR) is 108 cm³/mol. The number of ether oxygens (including phenoxy) is 1. The second-order valence-electron chi connectivity index (χ2n) is 5.86. The average molecular weight is 366 g/mol. The van der Waals surface area contributed by atoms with Gasteiger partial charge in [0.05, 0.1) is 5.69 Å². The first kappa shape index (κ1) is 17.9. The van der Waals surface area contributed by atoms with Crippen LogP contribution in [-0.4, -0.2) is 5.11 Å². The molecule has 0 saturated heterocycles. The molecule has 0 unspecified atom stereocenters. The van der Waals surface area contributed by atoms with Crippen LogP contribution < -0.4 is 15.4 Å². The van der Waals surface area contributed by atoms with Crippen LogP contribution in [0.15, 0.2) is 72.8 Å². The van der Waals surface area contributed by atoms with Crippen molar-refractivity contribution in [2.75, 3.05) is 10.6 Å². The van der Waals surface area contributed by atoms with Gasteiger partial charge in [0.25, 0.3) is 0 Å². The van der Waals surface area contributed by atoms with Crippen molar-refractivity contribution < 1.29 is 9.13 Å². The van der Waals surface area contributed by atoms with E-state index in [0.717, 1.165) is 22.6 Å². The molecule has 0 saturated carbocycles. The molecule has 0 spiro atoms. The molecular weight excluding hydrogens is 347 g/mol. The molecule has 2 N–H and O–H groups in total. The van der Waals surface area contributed by atoms with Crippen LogP contribution in [0.4, 0.5) is 15.8 Å². The van der Waals surface area contributed by atoms with Crippen LogP contribution in [-0.2, 0) is 6.61 Å². The average Bonchev–Trinajstić information content (AvgIpc) is 2.65. The van der Waals surface area contributed by atoms with Crippen LogP contribution in [0.3, 0.4) is 0 Å². The van der Waals surface area contributed by atoms with Crippen LogP contribution in [0.25, 0.3) is 0 Å². The van der Waals surface area contributed by atoms with Crippen LogP contribution in [0.2, 0.25) is 0 Å². The number of halogens is 1. The molecule has 0 radical (unpaired) electrons. The Morgan fingerprint density at radius 2 is 1.69 bits per heavy atom. The molecule has 0 aromatic heterocycles. The lowest BCUT2D eigenvalue weighted by molar-refractivity contribution is 0.306. The second kappa shape index (κ2) is 8.45. The van der Waals surface area contributed by atoms with Gasteiger partial charge in [0.15, 0.2) is 5.11 Å². The van der Waals surface area contributed by atoms with Crippen molar-refractivity contribution in [3.63, 3.8) is 0 Å². The minimum Gasteiger partial charge on any atom is -0.489 e. The Kier molecular flexibility index (Phi) is 5.81. The quantitative estimate of drug-likeness (QED) is 0.582. The van der Waals surface area contributed by atoms with Crippen molar-refractivity contribution >= 4 is 28.7 Å². The topological polar surface area (TPSA) is 33.3 Å². The Hall–Kier alpha value is -2.92. The second-order valence-corrected chi connectivity index (χ2v) is 6.27. The highest BCUT2D eigenvalue weighted by molar-refractivity contribution is 7.80. The summed E-state index contributed by atoms with van der Waals surface area (Å²) in [5.74, 6) is 0.424. The minimum atomic E-state index is -0.343. The Labute approximate surface area is 157 Å². The lowest BCUT2D eigenvalue weighted by Gasteiger charge is -2.12. The summed E-state index contributed by atoms with van der Waals surface area (Å²) in [6, 6.07) is 22.3. The zero-order chi connectivity index (χ0) is 18.4. The number of hydrogen-bond acceptors (Lipinski definition) is 2. The Balaban J connectivity index is 1.55. The van der Waals surface area contributed by atoms with E-state index in [0.29, 0.717) is 17.4 Å². The van der Waals surface area contributed by atoms with Gasteiger partial charge in [-0.2, -0.15) is 0 Å². The van der Waals surface area contributed by atoms with Gasteiger partial charge < -0.3 is 15.4 Å². The van der Waals surface area contributed by atoms with Crippen molar-refractivity contribution in [1.82, 2.24) is 0 Å². The number of benzene rings is 3. The van der Waals surface area contributed by atoms with Gasteiger partial charge in [0.1, 0.15) is 18.2 Å². The zero-order valence-corrected chi connectivity index (χ0v) is 15.1. The molecule has 3 aromatic rings. The van der Waals surface area contributed by atoms with E-state index in [1.165, 1.54) is 6.07 Å². The highest BCUT2D eigenvalue weighted by atomic mass is 32.1. The summed E-state index contributed by atoms with van der Waals surface area (Å²) >= 11 is 5.25. The van der Waals surface area contributed by atoms with Gasteiger partial charge in [0, 0.05) is 5.69 Å². The van der Waals surface area contributed by atoms with E-state index in [-0.39, 0.29) is 5.82 Å². The maximum absolute atomic E-state index is 13.8. The molecule has 5 heteroatoms. The van der Waals surface area contributed by atoms with Crippen molar-refractivity contribution in [1.29, 1.82) is 0 Å². The van der Waals surface area contributed by atoms with E-state index in [2.05, 4.69) is 10.6 Å². The third-order valence-corrected chi connectivity index (χ3v) is 3.93. The first-order valence-electron chi connectivity index (χ1n) is 8.21. The zero-order valence-electron chi connectivity index (χ0n) is 14.3. The van der Waals surface area contributed by atoms with E-state index >= 15 is 0 Å². The Morgan fingerprint density at radius 3 is 2.42 bits per heavy atom. The summed E-state index contributed by atoms with van der Waals surface area (Å²) < 4.78 is 19.5. The summed E-state index contributed by atoms with van der Waals surface area (Å²) in [7, 11) is 0. The third kappa shape index (κ3) is 5.04. The smallest absolute Gasteiger partial charge is 0.175 e. The van der Waals surface area contributed by atoms with Gasteiger partial charge in [0.2, 0.25) is 0 Å². The summed E-state index contributed by atoms with van der Waals surface area (Å²) in [5, 5.41) is 6.24. The molecule has 0 fully saturated rings. The Morgan fingerprint density at radius 1 is 0.962 bits per heavy atom. The number of rotatable bonds is 5. The molecule has 3 nitrogen and oxygen atoms in total. The van der Waals surface area contributed by atoms with Crippen LogP contribution in [0, 0.1) is 12.7 Å². The van der Waals surface area contributed by atoms with Gasteiger partial charge in [-0.3, -0.25) is 0 Å². The minimum absolute atomic E-state index is 0.326. The van der Waals surface area contributed by atoms with E-state index in [9.17, 15) is 4.39 Å². The molecule has 0 bridgehead atoms. The fourth-order valence-electron chi connectivity index (χ4n) is 2.39. The fraction of sp³-hybridized carbons (Fsp3) is 0.0952. The van der Waals surface area contributed by atoms with E-state index in [1.807, 2.05) is 61.5 Å². The highest BCUT2D eigenvalue weighted by Crippen LogP contribution is 2.19. The van der Waals surface area contributed by atoms with Crippen molar-refractivity contribution in [2.45, 2.75) is 13.5 Å². The molecule has 0 heterocycles. The summed E-state index contributed by atoms with van der Waals surface area (Å²) in [5.41, 5.74) is 3.21. The maximum atomic E-state index is 13.8. The number of thiocarbonyl (C=S) groups is 1. The van der Waals surface area contributed by atoms with Gasteiger partial charge in [-0.25, -0.2) is 4.39 Å². The standard InChI is InChI=1S/C21H19FN2OS/c1-15-7-12-19(22)20(13-15)24-21(26)23-17-8-10-18(11-9-17)25-14-16-5-3-2-4-6-16/h2-13H,14H2,1H3,(H2,23,24,26). The molecule has 0 aliphatic heterocycles. The van der Waals surface area contributed by atoms with Crippen molar-refractivity contribution in [3.05, 3.63) is 89.7 Å². The lowest BCUT2D eigenvalue weighted by atomic mass is 10.2. The van der Waals surface area contributed by atoms with E-state index < -0.39 is 0 Å². The van der Waals surface area contributed by atoms with E-state index in [4.69, 9.17) is 17.0 Å². The summed E-state index contributed by atoms with van der Waals surface area (Å²) in [4.78, 5) is 0. The lowest BCUT2D eigenvalue weighted by Crippen LogP contribution is -2.19. The summed E-state index contributed by atoms with van der Waals surface area (Å²) in [6.45, 7) is 2.41. The number of nitrogens with one attached hydrogen (secondary N) is 2. The molecule has 3 aromatic carbocycles. The molecule has 26 heavy (non-hydrogen) atoms. The SMILES string of the molecule is Cc1ccc(F)c(NC(=S)Nc2ccc(OCc3ccccc3)cc2)c1. The van der Waals surface area contributed by atoms with Gasteiger partial charge >= 0.3 is 0 Å². The molecule has 132 valence electrons. The van der Waals surface area contributed by atoms with Gasteiger partial charge in [-0.15, -0.1) is 0 Å². The summed E-state index contributed by atoms with van der Waals surface area (Å²) in [6.07, 6.45) is 0. The number of aryl methyl sites for hydroxylation is 1. The maximum Gasteiger partial charge on any atom is 0.175 e. The number of hydrogen-bond donors (Lipinski definition) is 2. The molecule has 3 rings (SSSR count). The van der Waals surface area contributed by atoms with Crippen molar-refractivity contribution in [2.24, 2.45) is 0 Å². The fourth-order valence-corrected chi connectivity index (χ4v) is 2.62. The Bertz CT molecular complexity index is 882. The van der Waals surface area contributed by atoms with Gasteiger partial charge in [-0.05, 0) is 66.7 Å². The molecule has 0 amide bonds. The molecule has 0 aliphatic carbocycles. The van der Waals surface area contributed by atoms with Crippen molar-refractivity contribution in [3.8, 4) is 5.75 Å². The van der Waals surface area contributed by atoms with Crippen LogP contribution in [0.1, 0.15) is 11.1 Å². The van der Waals surface area contributed by atoms with Crippen LogP contribution in [0.5, 0.6) is 5.75 Å². The van der Waals surface area contributed by atoms with Gasteiger partial charge in [-0.1, -0.05) is 36.4 Å². The normalized spacial score (nSPS) is 10.2. The van der Waals surface area contributed by atoms with E-state index in [1.54, 1.807) is 12.1 Å². The highest BCUT2D eigenvalue weighted by Gasteiger charge is 2.05. The van der Waals surface area contributed by atoms with Crippen LogP contribution >= 0.6 is 12.2 Å². The monoisotopic (exact) mass is 366 g/mol. The largest absolute Gasteiger partial charge is 0.489 e. The predicted octanol–water partition coefficient (Wildman–Crippen LogP) is 5.52. The first-order valence-corrected chi connectivity index (χ1v) is 8.62. The molecule has 0 atom stereocenters. The molecular formula is C21H19FN2OS. The third-order valence-electron chi connectivity index (χ3n) is 3.73. The number of anilines is 2. The first-order chi connectivity index (χ1) is 12.6. The molecule has 0 aliphatic rings.